The number of rotatable bonds is 4. The van der Waals surface area contributed by atoms with Crippen LogP contribution >= 0.6 is 23.1 Å². The van der Waals surface area contributed by atoms with Crippen LogP contribution in [0.25, 0.3) is 17.0 Å². The maximum atomic E-state index is 12.9. The van der Waals surface area contributed by atoms with Gasteiger partial charge in [0.25, 0.3) is 5.91 Å². The molecular weight excluding hydrogens is 462 g/mol. The number of hydrogen-bond donors (Lipinski definition) is 1. The van der Waals surface area contributed by atoms with Gasteiger partial charge < -0.3 is 4.57 Å². The first-order valence-corrected chi connectivity index (χ1v) is 12.4. The molecule has 4 aromatic rings. The summed E-state index contributed by atoms with van der Waals surface area (Å²) in [4.78, 5) is 18.2. The molecule has 34 heavy (non-hydrogen) atoms. The number of amidine groups is 2. The molecule has 4 heterocycles. The average Bonchev–Trinajstić information content (AvgIpc) is 3.58. The minimum atomic E-state index is -0.415. The molecule has 6 nitrogen and oxygen atoms in total. The largest absolute Gasteiger partial charge is 0.342 e. The lowest BCUT2D eigenvalue weighted by Crippen LogP contribution is -2.35. The van der Waals surface area contributed by atoms with E-state index in [1.165, 1.54) is 27.9 Å². The number of aryl methyl sites for hydroxylation is 1. The molecule has 1 amide bonds. The van der Waals surface area contributed by atoms with Crippen LogP contribution in [0.2, 0.25) is 0 Å². The van der Waals surface area contributed by atoms with Crippen molar-refractivity contribution in [2.75, 3.05) is 0 Å². The number of carbonyl (C=O) groups is 1. The summed E-state index contributed by atoms with van der Waals surface area (Å²) >= 11 is 2.89. The minimum Gasteiger partial charge on any atom is -0.342 e. The Morgan fingerprint density at radius 2 is 1.88 bits per heavy atom. The molecule has 0 atom stereocenters. The number of nitrogens with one attached hydrogen (secondary N) is 1. The van der Waals surface area contributed by atoms with E-state index in [1.54, 1.807) is 17.4 Å². The fourth-order valence-corrected chi connectivity index (χ4v) is 5.82. The molecule has 166 valence electrons. The van der Waals surface area contributed by atoms with E-state index < -0.39 is 5.91 Å². The van der Waals surface area contributed by atoms with Crippen molar-refractivity contribution in [1.82, 2.24) is 9.58 Å². The van der Waals surface area contributed by atoms with Gasteiger partial charge in [0.15, 0.2) is 5.84 Å². The van der Waals surface area contributed by atoms with Crippen LogP contribution in [0.3, 0.4) is 0 Å². The van der Waals surface area contributed by atoms with Crippen LogP contribution < -0.4 is 0 Å². The van der Waals surface area contributed by atoms with Crippen LogP contribution in [-0.2, 0) is 11.3 Å². The summed E-state index contributed by atoms with van der Waals surface area (Å²) in [5, 5.41) is 18.9. The quantitative estimate of drug-likeness (QED) is 0.379. The molecule has 0 fully saturated rings. The van der Waals surface area contributed by atoms with Gasteiger partial charge in [-0.3, -0.25) is 10.2 Å². The summed E-state index contributed by atoms with van der Waals surface area (Å²) in [6, 6.07) is 20.4. The van der Waals surface area contributed by atoms with E-state index in [0.717, 1.165) is 32.9 Å². The molecule has 2 aromatic heterocycles. The number of hydrogen-bond acceptors (Lipinski definition) is 5. The van der Waals surface area contributed by atoms with E-state index in [4.69, 9.17) is 5.41 Å². The number of nitrogens with zero attached hydrogens (tertiary/aromatic N) is 4. The lowest BCUT2D eigenvalue weighted by molar-refractivity contribution is -0.114. The minimum absolute atomic E-state index is 0.0461. The third-order valence-corrected chi connectivity index (χ3v) is 7.86. The Hall–Kier alpha value is -3.75. The van der Waals surface area contributed by atoms with Gasteiger partial charge in [0.05, 0.1) is 10.5 Å². The molecule has 1 N–H and O–H groups in total. The van der Waals surface area contributed by atoms with Crippen molar-refractivity contribution >= 4 is 62.0 Å². The van der Waals surface area contributed by atoms with E-state index in [2.05, 4.69) is 39.8 Å². The SMILES string of the molecule is Cc1ccccc1Cn1cc(C=C2C(=N)N3N=C(c4cccs4)SC3=NC2=O)c2ccccc21. The normalized spacial score (nSPS) is 16.9. The van der Waals surface area contributed by atoms with Crippen LogP contribution in [0.1, 0.15) is 21.6 Å². The van der Waals surface area contributed by atoms with Crippen molar-refractivity contribution < 1.29 is 4.79 Å². The number of aliphatic imine (C=N–C) groups is 1. The highest BCUT2D eigenvalue weighted by Crippen LogP contribution is 2.33. The zero-order valence-electron chi connectivity index (χ0n) is 18.2. The van der Waals surface area contributed by atoms with Gasteiger partial charge in [0.1, 0.15) is 5.04 Å². The van der Waals surface area contributed by atoms with Crippen molar-refractivity contribution in [3.63, 3.8) is 0 Å². The van der Waals surface area contributed by atoms with Crippen molar-refractivity contribution in [3.8, 4) is 0 Å². The summed E-state index contributed by atoms with van der Waals surface area (Å²) in [6.45, 7) is 2.84. The molecule has 0 bridgehead atoms. The fourth-order valence-electron chi connectivity index (χ4n) is 4.14. The zero-order valence-corrected chi connectivity index (χ0v) is 19.9. The fraction of sp³-hybridized carbons (Fsp3) is 0.0769. The zero-order chi connectivity index (χ0) is 23.2. The number of thiophene rings is 1. The van der Waals surface area contributed by atoms with Crippen molar-refractivity contribution in [2.45, 2.75) is 13.5 Å². The maximum Gasteiger partial charge on any atom is 0.283 e. The summed E-state index contributed by atoms with van der Waals surface area (Å²) < 4.78 is 2.19. The molecule has 2 aliphatic rings. The van der Waals surface area contributed by atoms with E-state index in [1.807, 2.05) is 54.0 Å². The molecule has 0 radical (unpaired) electrons. The van der Waals surface area contributed by atoms with Gasteiger partial charge >= 0.3 is 0 Å². The molecule has 0 saturated heterocycles. The molecule has 8 heteroatoms. The molecule has 0 spiro atoms. The Kier molecular flexibility index (Phi) is 5.04. The van der Waals surface area contributed by atoms with Crippen molar-refractivity contribution in [2.24, 2.45) is 10.1 Å². The number of benzene rings is 2. The van der Waals surface area contributed by atoms with E-state index in [9.17, 15) is 4.79 Å². The van der Waals surface area contributed by atoms with Crippen LogP contribution in [0, 0.1) is 12.3 Å². The molecule has 6 rings (SSSR count). The number of thioether (sulfide) groups is 1. The summed E-state index contributed by atoms with van der Waals surface area (Å²) in [7, 11) is 0. The van der Waals surface area contributed by atoms with E-state index in [0.29, 0.717) is 5.17 Å². The average molecular weight is 482 g/mol. The van der Waals surface area contributed by atoms with E-state index >= 15 is 0 Å². The monoisotopic (exact) mass is 481 g/mol. The number of fused-ring (bicyclic) bond motifs is 2. The number of amides is 1. The number of para-hydroxylation sites is 1. The maximum absolute atomic E-state index is 12.9. The second kappa shape index (κ2) is 8.23. The third-order valence-electron chi connectivity index (χ3n) is 5.91. The summed E-state index contributed by atoms with van der Waals surface area (Å²) in [6.07, 6.45) is 3.81. The Morgan fingerprint density at radius 3 is 2.71 bits per heavy atom. The number of carbonyl (C=O) groups excluding carboxylic acids is 1. The Labute approximate surface area is 204 Å². The highest BCUT2D eigenvalue weighted by atomic mass is 32.2. The lowest BCUT2D eigenvalue weighted by Gasteiger charge is -2.20. The van der Waals surface area contributed by atoms with Gasteiger partial charge in [-0.15, -0.1) is 11.3 Å². The smallest absolute Gasteiger partial charge is 0.283 e. The van der Waals surface area contributed by atoms with Crippen molar-refractivity contribution in [3.05, 3.63) is 99.4 Å². The third kappa shape index (κ3) is 3.52. The highest BCUT2D eigenvalue weighted by Gasteiger charge is 2.36. The van der Waals surface area contributed by atoms with Crippen LogP contribution in [-0.4, -0.2) is 31.5 Å². The summed E-state index contributed by atoms with van der Waals surface area (Å²) in [5.41, 5.74) is 4.66. The van der Waals surface area contributed by atoms with Gasteiger partial charge in [-0.2, -0.15) is 15.1 Å². The van der Waals surface area contributed by atoms with Gasteiger partial charge in [-0.05, 0) is 53.4 Å². The van der Waals surface area contributed by atoms with Gasteiger partial charge in [-0.25, -0.2) is 0 Å². The van der Waals surface area contributed by atoms with Gasteiger partial charge in [0, 0.05) is 29.2 Å². The molecule has 2 aromatic carbocycles. The first-order chi connectivity index (χ1) is 16.6. The van der Waals surface area contributed by atoms with E-state index in [-0.39, 0.29) is 11.4 Å². The number of aromatic nitrogens is 1. The second-order valence-electron chi connectivity index (χ2n) is 8.06. The predicted molar refractivity (Wildman–Crippen MR) is 141 cm³/mol. The van der Waals surface area contributed by atoms with Gasteiger partial charge in [-0.1, -0.05) is 48.5 Å². The van der Waals surface area contributed by atoms with Gasteiger partial charge in [0.2, 0.25) is 5.17 Å². The molecule has 0 saturated carbocycles. The predicted octanol–water partition coefficient (Wildman–Crippen LogP) is 5.73. The standard InChI is InChI=1S/C26H19N5OS2/c1-16-7-2-3-8-17(16)14-30-15-18(19-9-4-5-10-21(19)30)13-20-23(27)31-26(28-24(20)32)34-25(29-31)22-11-6-12-33-22/h2-13,15,27H,14H2,1H3. The van der Waals surface area contributed by atoms with Crippen LogP contribution in [0.4, 0.5) is 0 Å². The Bertz CT molecular complexity index is 1560. The van der Waals surface area contributed by atoms with Crippen molar-refractivity contribution in [1.29, 1.82) is 5.41 Å². The highest BCUT2D eigenvalue weighted by molar-refractivity contribution is 8.27. The Balaban J connectivity index is 1.40. The molecule has 0 unspecified atom stereocenters. The lowest BCUT2D eigenvalue weighted by atomic mass is 10.1. The Morgan fingerprint density at radius 1 is 1.06 bits per heavy atom. The molecule has 0 aliphatic carbocycles. The molecular formula is C26H19N5OS2. The first kappa shape index (κ1) is 20.8. The number of hydrazone groups is 1. The van der Waals surface area contributed by atoms with Crippen LogP contribution in [0.15, 0.2) is 87.9 Å². The van der Waals surface area contributed by atoms with Crippen LogP contribution in [0.5, 0.6) is 0 Å². The molecule has 2 aliphatic heterocycles. The topological polar surface area (TPSA) is 73.8 Å². The summed E-state index contributed by atoms with van der Waals surface area (Å²) in [5.74, 6) is -0.369. The first-order valence-electron chi connectivity index (χ1n) is 10.7. The second-order valence-corrected chi connectivity index (χ2v) is 9.96.